The van der Waals surface area contributed by atoms with Crippen LogP contribution in [0.3, 0.4) is 0 Å². The van der Waals surface area contributed by atoms with Crippen molar-refractivity contribution in [2.24, 2.45) is 0 Å². The van der Waals surface area contributed by atoms with E-state index >= 15 is 0 Å². The SMILES string of the molecule is COc1ccc(Cl)cc1/C=C/C(=O)Oc1ccc(NC(C)=O)cc1. The first-order valence-corrected chi connectivity index (χ1v) is 7.47. The number of carbonyl (C=O) groups excluding carboxylic acids is 2. The summed E-state index contributed by atoms with van der Waals surface area (Å²) in [5, 5.41) is 3.17. The first-order valence-electron chi connectivity index (χ1n) is 7.09. The Kier molecular flexibility index (Phi) is 5.98. The van der Waals surface area contributed by atoms with Gasteiger partial charge in [0.05, 0.1) is 7.11 Å². The molecule has 0 unspecified atom stereocenters. The maximum atomic E-state index is 11.9. The van der Waals surface area contributed by atoms with Gasteiger partial charge in [-0.25, -0.2) is 4.79 Å². The molecule has 0 saturated carbocycles. The van der Waals surface area contributed by atoms with E-state index < -0.39 is 5.97 Å². The minimum Gasteiger partial charge on any atom is -0.496 e. The fourth-order valence-electron chi connectivity index (χ4n) is 1.95. The molecule has 5 nitrogen and oxygen atoms in total. The second-order valence-electron chi connectivity index (χ2n) is 4.85. The van der Waals surface area contributed by atoms with Gasteiger partial charge in [-0.15, -0.1) is 0 Å². The van der Waals surface area contributed by atoms with Crippen molar-refractivity contribution in [3.63, 3.8) is 0 Å². The molecule has 0 atom stereocenters. The van der Waals surface area contributed by atoms with Crippen LogP contribution in [0.2, 0.25) is 5.02 Å². The summed E-state index contributed by atoms with van der Waals surface area (Å²) in [7, 11) is 1.54. The number of anilines is 1. The predicted molar refractivity (Wildman–Crippen MR) is 93.4 cm³/mol. The summed E-state index contributed by atoms with van der Waals surface area (Å²) in [4.78, 5) is 22.8. The lowest BCUT2D eigenvalue weighted by Gasteiger charge is -2.05. The monoisotopic (exact) mass is 345 g/mol. The molecular weight excluding hydrogens is 330 g/mol. The third-order valence-electron chi connectivity index (χ3n) is 2.98. The molecule has 1 amide bonds. The highest BCUT2D eigenvalue weighted by atomic mass is 35.5. The van der Waals surface area contributed by atoms with Crippen molar-refractivity contribution in [1.82, 2.24) is 0 Å². The molecule has 0 aromatic heterocycles. The van der Waals surface area contributed by atoms with E-state index in [9.17, 15) is 9.59 Å². The van der Waals surface area contributed by atoms with Gasteiger partial charge in [0.25, 0.3) is 0 Å². The van der Waals surface area contributed by atoms with Crippen molar-refractivity contribution < 1.29 is 19.1 Å². The van der Waals surface area contributed by atoms with Crippen molar-refractivity contribution in [3.05, 3.63) is 59.1 Å². The number of hydrogen-bond donors (Lipinski definition) is 1. The fraction of sp³-hybridized carbons (Fsp3) is 0.111. The molecule has 124 valence electrons. The summed E-state index contributed by atoms with van der Waals surface area (Å²) < 4.78 is 10.4. The molecule has 2 aromatic carbocycles. The van der Waals surface area contributed by atoms with Gasteiger partial charge in [-0.1, -0.05) is 11.6 Å². The molecule has 0 bridgehead atoms. The Bertz CT molecular complexity index is 769. The number of amides is 1. The highest BCUT2D eigenvalue weighted by molar-refractivity contribution is 6.30. The van der Waals surface area contributed by atoms with Gasteiger partial charge in [-0.05, 0) is 48.5 Å². The van der Waals surface area contributed by atoms with Crippen molar-refractivity contribution in [2.45, 2.75) is 6.92 Å². The quantitative estimate of drug-likeness (QED) is 0.506. The molecule has 0 heterocycles. The fourth-order valence-corrected chi connectivity index (χ4v) is 2.13. The van der Waals surface area contributed by atoms with Crippen LogP contribution in [0, 0.1) is 0 Å². The van der Waals surface area contributed by atoms with Gasteiger partial charge in [0, 0.05) is 29.3 Å². The standard InChI is InChI=1S/C18H16ClNO4/c1-12(21)20-15-5-7-16(8-6-15)24-18(22)10-3-13-11-14(19)4-9-17(13)23-2/h3-11H,1-2H3,(H,20,21)/b10-3+. The van der Waals surface area contributed by atoms with E-state index in [1.807, 2.05) is 0 Å². The number of nitrogens with one attached hydrogen (secondary N) is 1. The number of carbonyl (C=O) groups is 2. The molecule has 2 aromatic rings. The number of ether oxygens (including phenoxy) is 2. The topological polar surface area (TPSA) is 64.6 Å². The van der Waals surface area contributed by atoms with Crippen LogP contribution in [0.4, 0.5) is 5.69 Å². The number of hydrogen-bond acceptors (Lipinski definition) is 4. The summed E-state index contributed by atoms with van der Waals surface area (Å²) in [6.07, 6.45) is 2.86. The second kappa shape index (κ2) is 8.17. The van der Waals surface area contributed by atoms with E-state index in [2.05, 4.69) is 5.32 Å². The van der Waals surface area contributed by atoms with E-state index in [0.29, 0.717) is 27.8 Å². The highest BCUT2D eigenvalue weighted by Gasteiger charge is 2.04. The Morgan fingerprint density at radius 3 is 2.46 bits per heavy atom. The third-order valence-corrected chi connectivity index (χ3v) is 3.22. The molecule has 0 spiro atoms. The molecule has 0 aliphatic heterocycles. The number of methoxy groups -OCH3 is 1. The average Bonchev–Trinajstić information content (AvgIpc) is 2.54. The van der Waals surface area contributed by atoms with E-state index in [0.717, 1.165) is 0 Å². The van der Waals surface area contributed by atoms with Gasteiger partial charge in [0.15, 0.2) is 0 Å². The largest absolute Gasteiger partial charge is 0.496 e. The molecule has 0 aliphatic carbocycles. The zero-order valence-electron chi connectivity index (χ0n) is 13.2. The van der Waals surface area contributed by atoms with Crippen molar-refractivity contribution in [1.29, 1.82) is 0 Å². The van der Waals surface area contributed by atoms with Crippen LogP contribution in [0.25, 0.3) is 6.08 Å². The van der Waals surface area contributed by atoms with Gasteiger partial charge < -0.3 is 14.8 Å². The molecule has 1 N–H and O–H groups in total. The lowest BCUT2D eigenvalue weighted by atomic mass is 10.2. The molecule has 0 radical (unpaired) electrons. The minimum atomic E-state index is -0.538. The summed E-state index contributed by atoms with van der Waals surface area (Å²) in [5.74, 6) is 0.266. The molecule has 0 aliphatic rings. The Balaban J connectivity index is 2.02. The van der Waals surface area contributed by atoms with Gasteiger partial charge in [0.1, 0.15) is 11.5 Å². The van der Waals surface area contributed by atoms with Gasteiger partial charge in [0.2, 0.25) is 5.91 Å². The lowest BCUT2D eigenvalue weighted by Crippen LogP contribution is -2.06. The van der Waals surface area contributed by atoms with Gasteiger partial charge in [-0.3, -0.25) is 4.79 Å². The van der Waals surface area contributed by atoms with Crippen molar-refractivity contribution in [3.8, 4) is 11.5 Å². The van der Waals surface area contributed by atoms with Gasteiger partial charge >= 0.3 is 5.97 Å². The van der Waals surface area contributed by atoms with Crippen LogP contribution in [0.5, 0.6) is 11.5 Å². The summed E-state index contributed by atoms with van der Waals surface area (Å²) in [6.45, 7) is 1.42. The molecular formula is C18H16ClNO4. The Morgan fingerprint density at radius 1 is 1.12 bits per heavy atom. The molecule has 0 saturated heterocycles. The summed E-state index contributed by atoms with van der Waals surface area (Å²) in [5.41, 5.74) is 1.30. The molecule has 24 heavy (non-hydrogen) atoms. The van der Waals surface area contributed by atoms with Crippen molar-refractivity contribution >= 4 is 35.2 Å². The number of rotatable bonds is 5. The van der Waals surface area contributed by atoms with E-state index in [1.54, 1.807) is 48.5 Å². The summed E-state index contributed by atoms with van der Waals surface area (Å²) >= 11 is 5.93. The zero-order chi connectivity index (χ0) is 17.5. The first-order chi connectivity index (χ1) is 11.5. The van der Waals surface area contributed by atoms with Gasteiger partial charge in [-0.2, -0.15) is 0 Å². The molecule has 6 heteroatoms. The van der Waals surface area contributed by atoms with E-state index in [1.165, 1.54) is 20.1 Å². The van der Waals surface area contributed by atoms with Crippen LogP contribution in [0.1, 0.15) is 12.5 Å². The number of esters is 1. The predicted octanol–water partition coefficient (Wildman–Crippen LogP) is 3.93. The van der Waals surface area contributed by atoms with E-state index in [-0.39, 0.29) is 5.91 Å². The summed E-state index contributed by atoms with van der Waals surface area (Å²) in [6, 6.07) is 11.6. The Hall–Kier alpha value is -2.79. The maximum Gasteiger partial charge on any atom is 0.336 e. The molecule has 0 fully saturated rings. The first kappa shape index (κ1) is 17.6. The van der Waals surface area contributed by atoms with Crippen LogP contribution in [-0.2, 0) is 9.59 Å². The van der Waals surface area contributed by atoms with Crippen LogP contribution < -0.4 is 14.8 Å². The molecule has 2 rings (SSSR count). The second-order valence-corrected chi connectivity index (χ2v) is 5.28. The minimum absolute atomic E-state index is 0.168. The number of benzene rings is 2. The number of halogens is 1. The Labute approximate surface area is 144 Å². The average molecular weight is 346 g/mol. The van der Waals surface area contributed by atoms with E-state index in [4.69, 9.17) is 21.1 Å². The smallest absolute Gasteiger partial charge is 0.336 e. The normalized spacial score (nSPS) is 10.5. The van der Waals surface area contributed by atoms with Crippen LogP contribution >= 0.6 is 11.6 Å². The lowest BCUT2D eigenvalue weighted by molar-refractivity contribution is -0.128. The Morgan fingerprint density at radius 2 is 1.83 bits per heavy atom. The zero-order valence-corrected chi connectivity index (χ0v) is 14.0. The highest BCUT2D eigenvalue weighted by Crippen LogP contribution is 2.24. The third kappa shape index (κ3) is 5.14. The maximum absolute atomic E-state index is 11.9. The van der Waals surface area contributed by atoms with Crippen LogP contribution in [-0.4, -0.2) is 19.0 Å². The van der Waals surface area contributed by atoms with Crippen molar-refractivity contribution in [2.75, 3.05) is 12.4 Å². The van der Waals surface area contributed by atoms with Crippen LogP contribution in [0.15, 0.2) is 48.5 Å².